The molecule has 0 radical (unpaired) electrons. The Labute approximate surface area is 118 Å². The quantitative estimate of drug-likeness (QED) is 0.859. The van der Waals surface area contributed by atoms with Crippen molar-refractivity contribution in [3.63, 3.8) is 0 Å². The minimum absolute atomic E-state index is 0.160. The summed E-state index contributed by atoms with van der Waals surface area (Å²) in [5.74, 6) is 0.00298. The van der Waals surface area contributed by atoms with Gasteiger partial charge in [0.15, 0.2) is 0 Å². The fraction of sp³-hybridized carbons (Fsp3) is 0.417. The maximum atomic E-state index is 11.9. The minimum atomic E-state index is -0.487. The van der Waals surface area contributed by atoms with E-state index in [1.165, 1.54) is 0 Å². The summed E-state index contributed by atoms with van der Waals surface area (Å²) in [5, 5.41) is 2.84. The number of nitrogens with one attached hydrogen (secondary N) is 1. The average Bonchev–Trinajstić information content (AvgIpc) is 2.31. The van der Waals surface area contributed by atoms with Gasteiger partial charge in [0.25, 0.3) is 0 Å². The summed E-state index contributed by atoms with van der Waals surface area (Å²) in [6, 6.07) is 5.14. The Bertz CT molecular complexity index is 389. The summed E-state index contributed by atoms with van der Waals surface area (Å²) >= 11 is 6.79. The fourth-order valence-corrected chi connectivity index (χ4v) is 2.53. The number of halogens is 2. The van der Waals surface area contributed by atoms with Crippen molar-refractivity contribution in [2.24, 2.45) is 11.7 Å². The standard InChI is InChI=1S/C12H16Br2N2O/c1-3-7(2)10(15)12(17)16-11-8(13)5-4-6-9(11)14/h4-7,10H,3,15H2,1-2H3,(H,16,17)/t7?,10-/m0/s1. The zero-order valence-corrected chi connectivity index (χ0v) is 13.0. The van der Waals surface area contributed by atoms with Gasteiger partial charge < -0.3 is 11.1 Å². The van der Waals surface area contributed by atoms with Crippen molar-refractivity contribution < 1.29 is 4.79 Å². The Balaban J connectivity index is 2.81. The van der Waals surface area contributed by atoms with Gasteiger partial charge in [-0.15, -0.1) is 0 Å². The molecular formula is C12H16Br2N2O. The van der Waals surface area contributed by atoms with Gasteiger partial charge in [-0.2, -0.15) is 0 Å². The summed E-state index contributed by atoms with van der Waals surface area (Å²) < 4.78 is 1.66. The number of para-hydroxylation sites is 1. The number of carbonyl (C=O) groups is 1. The Morgan fingerprint density at radius 1 is 1.41 bits per heavy atom. The zero-order chi connectivity index (χ0) is 13.0. The fourth-order valence-electron chi connectivity index (χ4n) is 1.34. The maximum absolute atomic E-state index is 11.9. The highest BCUT2D eigenvalue weighted by Crippen LogP contribution is 2.30. The van der Waals surface area contributed by atoms with Gasteiger partial charge in [0.2, 0.25) is 5.91 Å². The molecule has 1 aromatic rings. The number of hydrogen-bond acceptors (Lipinski definition) is 2. The molecule has 3 N–H and O–H groups in total. The van der Waals surface area contributed by atoms with Crippen LogP contribution in [0.25, 0.3) is 0 Å². The lowest BCUT2D eigenvalue weighted by atomic mass is 9.99. The largest absolute Gasteiger partial charge is 0.323 e. The number of carbonyl (C=O) groups excluding carboxylic acids is 1. The van der Waals surface area contributed by atoms with Crippen molar-refractivity contribution in [1.82, 2.24) is 0 Å². The summed E-state index contributed by atoms with van der Waals surface area (Å²) in [7, 11) is 0. The van der Waals surface area contributed by atoms with Crippen LogP contribution in [0, 0.1) is 5.92 Å². The molecule has 0 heterocycles. The first kappa shape index (κ1) is 14.7. The molecule has 1 unspecified atom stereocenters. The van der Waals surface area contributed by atoms with E-state index in [0.29, 0.717) is 0 Å². The van der Waals surface area contributed by atoms with E-state index in [0.717, 1.165) is 21.1 Å². The van der Waals surface area contributed by atoms with Gasteiger partial charge in [0, 0.05) is 8.95 Å². The summed E-state index contributed by atoms with van der Waals surface area (Å²) in [5.41, 5.74) is 6.60. The van der Waals surface area contributed by atoms with Gasteiger partial charge in [-0.25, -0.2) is 0 Å². The third kappa shape index (κ3) is 3.79. The Hall–Kier alpha value is -0.390. The first-order valence-corrected chi connectivity index (χ1v) is 7.06. The van der Waals surface area contributed by atoms with Gasteiger partial charge in [-0.3, -0.25) is 4.79 Å². The first-order chi connectivity index (χ1) is 7.97. The third-order valence-electron chi connectivity index (χ3n) is 2.77. The molecule has 1 amide bonds. The molecule has 0 saturated carbocycles. The lowest BCUT2D eigenvalue weighted by Crippen LogP contribution is -2.40. The van der Waals surface area contributed by atoms with E-state index in [1.54, 1.807) is 0 Å². The molecule has 0 saturated heterocycles. The van der Waals surface area contributed by atoms with Gasteiger partial charge in [-0.05, 0) is 49.9 Å². The molecule has 0 fully saturated rings. The molecule has 0 aliphatic carbocycles. The molecule has 3 nitrogen and oxygen atoms in total. The molecule has 1 aromatic carbocycles. The number of anilines is 1. The Morgan fingerprint density at radius 3 is 2.41 bits per heavy atom. The van der Waals surface area contributed by atoms with Crippen LogP contribution in [0.15, 0.2) is 27.1 Å². The minimum Gasteiger partial charge on any atom is -0.323 e. The molecule has 1 rings (SSSR count). The highest BCUT2D eigenvalue weighted by Gasteiger charge is 2.20. The Kier molecular flexibility index (Phi) is 5.62. The summed E-state index contributed by atoms with van der Waals surface area (Å²) in [6.45, 7) is 3.99. The van der Waals surface area contributed by atoms with Crippen molar-refractivity contribution in [2.75, 3.05) is 5.32 Å². The maximum Gasteiger partial charge on any atom is 0.241 e. The molecule has 0 spiro atoms. The second kappa shape index (κ2) is 6.52. The van der Waals surface area contributed by atoms with E-state index < -0.39 is 6.04 Å². The highest BCUT2D eigenvalue weighted by atomic mass is 79.9. The average molecular weight is 364 g/mol. The van der Waals surface area contributed by atoms with Crippen LogP contribution in [-0.2, 0) is 4.79 Å². The van der Waals surface area contributed by atoms with Crippen LogP contribution in [0.3, 0.4) is 0 Å². The number of rotatable bonds is 4. The SMILES string of the molecule is CCC(C)[C@H](N)C(=O)Nc1c(Br)cccc1Br. The molecule has 0 aromatic heterocycles. The molecule has 94 valence electrons. The molecule has 5 heteroatoms. The Morgan fingerprint density at radius 2 is 1.94 bits per heavy atom. The van der Waals surface area contributed by atoms with Gasteiger partial charge >= 0.3 is 0 Å². The topological polar surface area (TPSA) is 55.1 Å². The van der Waals surface area contributed by atoms with Crippen LogP contribution >= 0.6 is 31.9 Å². The van der Waals surface area contributed by atoms with Gasteiger partial charge in [0.05, 0.1) is 11.7 Å². The molecule has 0 aliphatic rings. The van der Waals surface area contributed by atoms with Crippen LogP contribution in [0.4, 0.5) is 5.69 Å². The molecular weight excluding hydrogens is 348 g/mol. The monoisotopic (exact) mass is 362 g/mol. The molecule has 0 aliphatic heterocycles. The van der Waals surface area contributed by atoms with Crippen LogP contribution in [0.5, 0.6) is 0 Å². The molecule has 2 atom stereocenters. The predicted molar refractivity (Wildman–Crippen MR) is 77.9 cm³/mol. The van der Waals surface area contributed by atoms with Crippen molar-refractivity contribution >= 4 is 43.5 Å². The van der Waals surface area contributed by atoms with Crippen LogP contribution < -0.4 is 11.1 Å². The third-order valence-corrected chi connectivity index (χ3v) is 4.09. The predicted octanol–water partition coefficient (Wildman–Crippen LogP) is 3.52. The smallest absolute Gasteiger partial charge is 0.241 e. The number of nitrogens with two attached hydrogens (primary N) is 1. The van der Waals surface area contributed by atoms with E-state index in [9.17, 15) is 4.79 Å². The van der Waals surface area contributed by atoms with Gasteiger partial charge in [0.1, 0.15) is 0 Å². The number of benzene rings is 1. The molecule has 0 bridgehead atoms. The summed E-state index contributed by atoms with van der Waals surface area (Å²) in [6.07, 6.45) is 0.881. The zero-order valence-electron chi connectivity index (χ0n) is 9.84. The summed E-state index contributed by atoms with van der Waals surface area (Å²) in [4.78, 5) is 11.9. The first-order valence-electron chi connectivity index (χ1n) is 5.47. The normalized spacial score (nSPS) is 14.2. The second-order valence-electron chi connectivity index (χ2n) is 4.00. The lowest BCUT2D eigenvalue weighted by molar-refractivity contribution is -0.118. The van der Waals surface area contributed by atoms with E-state index in [-0.39, 0.29) is 11.8 Å². The van der Waals surface area contributed by atoms with E-state index in [2.05, 4.69) is 37.2 Å². The van der Waals surface area contributed by atoms with E-state index >= 15 is 0 Å². The van der Waals surface area contributed by atoms with Crippen LogP contribution in [-0.4, -0.2) is 11.9 Å². The van der Waals surface area contributed by atoms with Crippen molar-refractivity contribution in [3.05, 3.63) is 27.1 Å². The van der Waals surface area contributed by atoms with E-state index in [1.807, 2.05) is 32.0 Å². The van der Waals surface area contributed by atoms with Crippen molar-refractivity contribution in [3.8, 4) is 0 Å². The van der Waals surface area contributed by atoms with Crippen molar-refractivity contribution in [2.45, 2.75) is 26.3 Å². The van der Waals surface area contributed by atoms with Crippen LogP contribution in [0.1, 0.15) is 20.3 Å². The van der Waals surface area contributed by atoms with E-state index in [4.69, 9.17) is 5.73 Å². The van der Waals surface area contributed by atoms with Crippen molar-refractivity contribution in [1.29, 1.82) is 0 Å². The molecule has 17 heavy (non-hydrogen) atoms. The van der Waals surface area contributed by atoms with Crippen LogP contribution in [0.2, 0.25) is 0 Å². The highest BCUT2D eigenvalue weighted by molar-refractivity contribution is 9.11. The number of hydrogen-bond donors (Lipinski definition) is 2. The lowest BCUT2D eigenvalue weighted by Gasteiger charge is -2.18. The number of amides is 1. The second-order valence-corrected chi connectivity index (χ2v) is 5.71. The van der Waals surface area contributed by atoms with Gasteiger partial charge in [-0.1, -0.05) is 26.3 Å².